The van der Waals surface area contributed by atoms with Crippen molar-refractivity contribution < 1.29 is 84.2 Å². The number of ketones is 2. The number of anilines is 2. The second-order valence-electron chi connectivity index (χ2n) is 15.7. The van der Waals surface area contributed by atoms with Gasteiger partial charge in [-0.1, -0.05) is 30.4 Å². The van der Waals surface area contributed by atoms with E-state index >= 15 is 0 Å². The maximum absolute atomic E-state index is 13.6. The zero-order valence-corrected chi connectivity index (χ0v) is 38.1. The molecule has 0 bridgehead atoms. The Labute approximate surface area is 403 Å². The van der Waals surface area contributed by atoms with E-state index in [4.69, 9.17) is 39.9 Å². The Hall–Kier alpha value is -7.84. The SMILES string of the molecule is COc1cc(/C=C/C(=O)CC(c2ccc(N)cc2N)C(O)(O)C(=O)/C=C/c2ccc(OC(=O)c3ccc(OCCCC(F)(F)F)cc3)c(OC)c2)ccc1OC(=O)c1ccc(OCCCC(F)(F)F)cc1. The number of nitrogen functional groups attached to an aromatic ring is 2. The predicted octanol–water partition coefficient (Wildman–Crippen LogP) is 9.47. The Morgan fingerprint density at radius 3 is 1.46 bits per heavy atom. The zero-order chi connectivity index (χ0) is 51.9. The summed E-state index contributed by atoms with van der Waals surface area (Å²) in [5.41, 5.74) is 13.2. The normalized spacial score (nSPS) is 12.4. The van der Waals surface area contributed by atoms with Crippen LogP contribution in [-0.4, -0.2) is 79.3 Å². The van der Waals surface area contributed by atoms with Crippen molar-refractivity contribution in [2.75, 3.05) is 38.9 Å². The van der Waals surface area contributed by atoms with Crippen molar-refractivity contribution in [1.82, 2.24) is 0 Å². The molecule has 0 radical (unpaired) electrons. The molecule has 0 saturated carbocycles. The molecular formula is C51H48F6N2O12. The van der Waals surface area contributed by atoms with Gasteiger partial charge in [0.25, 0.3) is 0 Å². The van der Waals surface area contributed by atoms with E-state index in [0.717, 1.165) is 12.2 Å². The van der Waals surface area contributed by atoms with Gasteiger partial charge in [0, 0.05) is 30.6 Å². The molecule has 0 amide bonds. The van der Waals surface area contributed by atoms with Crippen molar-refractivity contribution in [1.29, 1.82) is 0 Å². The maximum Gasteiger partial charge on any atom is 0.389 e. The van der Waals surface area contributed by atoms with Gasteiger partial charge in [0.1, 0.15) is 11.5 Å². The number of rotatable bonds is 23. The third kappa shape index (κ3) is 16.4. The van der Waals surface area contributed by atoms with E-state index in [-0.39, 0.29) is 88.6 Å². The van der Waals surface area contributed by atoms with Crippen LogP contribution in [0, 0.1) is 0 Å². The molecule has 0 heterocycles. The van der Waals surface area contributed by atoms with E-state index in [1.54, 1.807) is 0 Å². The summed E-state index contributed by atoms with van der Waals surface area (Å²) in [6, 6.07) is 23.8. The van der Waals surface area contributed by atoms with E-state index in [1.807, 2.05) is 0 Å². The quantitative estimate of drug-likeness (QED) is 0.00912. The average molecular weight is 995 g/mol. The van der Waals surface area contributed by atoms with Crippen molar-refractivity contribution in [3.63, 3.8) is 0 Å². The molecule has 5 rings (SSSR count). The molecule has 376 valence electrons. The molecule has 1 unspecified atom stereocenters. The van der Waals surface area contributed by atoms with Crippen LogP contribution in [0.2, 0.25) is 0 Å². The Morgan fingerprint density at radius 1 is 0.592 bits per heavy atom. The molecular weight excluding hydrogens is 947 g/mol. The lowest BCUT2D eigenvalue weighted by molar-refractivity contribution is -0.187. The number of carbonyl (C=O) groups is 4. The lowest BCUT2D eigenvalue weighted by atomic mass is 9.82. The number of carbonyl (C=O) groups excluding carboxylic acids is 4. The lowest BCUT2D eigenvalue weighted by Gasteiger charge is -2.30. The summed E-state index contributed by atoms with van der Waals surface area (Å²) in [6.07, 6.45) is -7.10. The number of benzene rings is 5. The average Bonchev–Trinajstić information content (AvgIpc) is 3.32. The first kappa shape index (κ1) is 54.1. The summed E-state index contributed by atoms with van der Waals surface area (Å²) in [5.74, 6) is -7.69. The number of hydrogen-bond donors (Lipinski definition) is 4. The molecule has 0 aromatic heterocycles. The van der Waals surface area contributed by atoms with Crippen molar-refractivity contribution >= 4 is 47.0 Å². The molecule has 0 aliphatic heterocycles. The van der Waals surface area contributed by atoms with Gasteiger partial charge in [-0.25, -0.2) is 9.59 Å². The van der Waals surface area contributed by atoms with Gasteiger partial charge in [-0.2, -0.15) is 26.3 Å². The van der Waals surface area contributed by atoms with Crippen molar-refractivity contribution in [3.05, 3.63) is 143 Å². The molecule has 0 aliphatic carbocycles. The third-order valence-electron chi connectivity index (χ3n) is 10.3. The monoisotopic (exact) mass is 994 g/mol. The van der Waals surface area contributed by atoms with E-state index < -0.39 is 66.8 Å². The van der Waals surface area contributed by atoms with Crippen molar-refractivity contribution in [2.24, 2.45) is 0 Å². The van der Waals surface area contributed by atoms with Crippen LogP contribution in [0.4, 0.5) is 37.7 Å². The molecule has 71 heavy (non-hydrogen) atoms. The lowest BCUT2D eigenvalue weighted by Crippen LogP contribution is -2.44. The fraction of sp³-hybridized carbons (Fsp3) is 0.255. The Kier molecular flexibility index (Phi) is 18.4. The Bertz CT molecular complexity index is 2720. The first-order valence-electron chi connectivity index (χ1n) is 21.5. The molecule has 1 atom stereocenters. The third-order valence-corrected chi connectivity index (χ3v) is 10.3. The van der Waals surface area contributed by atoms with Crippen LogP contribution in [0.1, 0.15) is 75.4 Å². The predicted molar refractivity (Wildman–Crippen MR) is 248 cm³/mol. The minimum atomic E-state index is -4.30. The largest absolute Gasteiger partial charge is 0.494 e. The zero-order valence-electron chi connectivity index (χ0n) is 38.1. The summed E-state index contributed by atoms with van der Waals surface area (Å²) in [5, 5.41) is 22.9. The number of ether oxygens (including phenoxy) is 6. The summed E-state index contributed by atoms with van der Waals surface area (Å²) in [6.45, 7) is -0.346. The fourth-order valence-electron chi connectivity index (χ4n) is 6.67. The summed E-state index contributed by atoms with van der Waals surface area (Å²) in [4.78, 5) is 52.9. The summed E-state index contributed by atoms with van der Waals surface area (Å²) >= 11 is 0. The first-order chi connectivity index (χ1) is 33.5. The molecule has 5 aromatic rings. The first-order valence-corrected chi connectivity index (χ1v) is 21.5. The molecule has 0 aliphatic rings. The van der Waals surface area contributed by atoms with Crippen LogP contribution < -0.4 is 39.9 Å². The highest BCUT2D eigenvalue weighted by atomic mass is 19.4. The second kappa shape index (κ2) is 24.1. The van der Waals surface area contributed by atoms with Crippen LogP contribution in [0.5, 0.6) is 34.5 Å². The van der Waals surface area contributed by atoms with E-state index in [2.05, 4.69) is 0 Å². The molecule has 0 saturated heterocycles. The Balaban J connectivity index is 1.23. The minimum absolute atomic E-state index is 0.0133. The maximum atomic E-state index is 13.6. The number of esters is 2. The van der Waals surface area contributed by atoms with Crippen LogP contribution in [0.3, 0.4) is 0 Å². The van der Waals surface area contributed by atoms with Gasteiger partial charge < -0.3 is 50.1 Å². The molecule has 6 N–H and O–H groups in total. The summed E-state index contributed by atoms with van der Waals surface area (Å²) < 4.78 is 107. The number of methoxy groups -OCH3 is 2. The highest BCUT2D eigenvalue weighted by Gasteiger charge is 2.43. The molecule has 14 nitrogen and oxygen atoms in total. The fourth-order valence-corrected chi connectivity index (χ4v) is 6.67. The number of nitrogens with two attached hydrogens (primary N) is 2. The van der Waals surface area contributed by atoms with Gasteiger partial charge >= 0.3 is 24.3 Å². The van der Waals surface area contributed by atoms with Crippen LogP contribution in [-0.2, 0) is 9.59 Å². The molecule has 0 spiro atoms. The standard InChI is InChI=1S/C51H48F6N2O12/c1-66-44-27-31(6-20-42(44)70-47(62)33-9-15-37(16-10-33)68-25-3-23-49(52,53)54)5-14-36(60)30-40(39-19-13-35(58)29-41(39)59)51(64,65)46(61)22-8-32-7-21-43(45(28-32)67-2)71-48(63)34-11-17-38(18-12-34)69-26-4-24-50(55,56)57/h5-22,27-29,40,64-65H,3-4,23-26,30,58-59H2,1-2H3/b14-5+,22-8+. The molecule has 20 heteroatoms. The smallest absolute Gasteiger partial charge is 0.389 e. The van der Waals surface area contributed by atoms with Crippen LogP contribution in [0.15, 0.2) is 115 Å². The van der Waals surface area contributed by atoms with E-state index in [0.29, 0.717) is 11.1 Å². The number of aliphatic hydroxyl groups is 2. The highest BCUT2D eigenvalue weighted by molar-refractivity contribution is 6.01. The Morgan fingerprint density at radius 2 is 1.04 bits per heavy atom. The van der Waals surface area contributed by atoms with Gasteiger partial charge in [-0.05, 0) is 127 Å². The molecule has 0 fully saturated rings. The minimum Gasteiger partial charge on any atom is -0.494 e. The second-order valence-corrected chi connectivity index (χ2v) is 15.7. The van der Waals surface area contributed by atoms with Crippen molar-refractivity contribution in [2.45, 2.75) is 56.2 Å². The van der Waals surface area contributed by atoms with Gasteiger partial charge in [0.15, 0.2) is 28.8 Å². The van der Waals surface area contributed by atoms with Gasteiger partial charge in [-0.15, -0.1) is 0 Å². The van der Waals surface area contributed by atoms with Gasteiger partial charge in [0.05, 0.1) is 44.5 Å². The highest BCUT2D eigenvalue weighted by Crippen LogP contribution is 2.37. The number of allylic oxidation sites excluding steroid dienone is 1. The number of alkyl halides is 6. The summed E-state index contributed by atoms with van der Waals surface area (Å²) in [7, 11) is 2.61. The van der Waals surface area contributed by atoms with Gasteiger partial charge in [0.2, 0.25) is 11.6 Å². The van der Waals surface area contributed by atoms with Crippen LogP contribution in [0.25, 0.3) is 12.2 Å². The topological polar surface area (TPSA) is 216 Å². The van der Waals surface area contributed by atoms with E-state index in [1.165, 1.54) is 129 Å². The van der Waals surface area contributed by atoms with Gasteiger partial charge in [-0.3, -0.25) is 9.59 Å². The molecule has 5 aromatic carbocycles. The number of hydrogen-bond acceptors (Lipinski definition) is 14. The van der Waals surface area contributed by atoms with Crippen LogP contribution >= 0.6 is 0 Å². The van der Waals surface area contributed by atoms with E-state index in [9.17, 15) is 55.7 Å². The number of halogens is 6. The van der Waals surface area contributed by atoms with Crippen molar-refractivity contribution in [3.8, 4) is 34.5 Å².